The second-order valence-electron chi connectivity index (χ2n) is 8.07. The molecule has 1 unspecified atom stereocenters. The van der Waals surface area contributed by atoms with Crippen molar-refractivity contribution < 1.29 is 9.53 Å². The Morgan fingerprint density at radius 3 is 2.69 bits per heavy atom. The maximum absolute atomic E-state index is 12.3. The van der Waals surface area contributed by atoms with Gasteiger partial charge in [0.1, 0.15) is 12.5 Å². The Morgan fingerprint density at radius 1 is 1.27 bits per heavy atom. The molecular weight excluding hydrogens is 360 g/mol. The first-order chi connectivity index (χ1) is 12.4. The Bertz CT molecular complexity index is 740. The molecule has 1 aromatic heterocycles. The van der Waals surface area contributed by atoms with Gasteiger partial charge in [-0.1, -0.05) is 49.6 Å². The van der Waals surface area contributed by atoms with E-state index in [1.54, 1.807) is 11.8 Å². The van der Waals surface area contributed by atoms with Crippen LogP contribution in [0.1, 0.15) is 30.9 Å². The molecule has 1 fully saturated rings. The normalized spacial score (nSPS) is 17.8. The van der Waals surface area contributed by atoms with Crippen molar-refractivity contribution in [2.24, 2.45) is 0 Å². The van der Waals surface area contributed by atoms with E-state index in [2.05, 4.69) is 41.3 Å². The van der Waals surface area contributed by atoms with Gasteiger partial charge < -0.3 is 4.74 Å². The van der Waals surface area contributed by atoms with Crippen LogP contribution in [0.4, 0.5) is 0 Å². The van der Waals surface area contributed by atoms with Gasteiger partial charge >= 0.3 is 0 Å². The fourth-order valence-electron chi connectivity index (χ4n) is 3.12. The fraction of sp³-hybridized carbons (Fsp3) is 0.500. The van der Waals surface area contributed by atoms with Crippen molar-refractivity contribution in [3.8, 4) is 0 Å². The lowest BCUT2D eigenvalue weighted by atomic mass is 10.0. The minimum atomic E-state index is -1.11. The summed E-state index contributed by atoms with van der Waals surface area (Å²) in [7, 11) is -1.11. The zero-order chi connectivity index (χ0) is 18.6. The van der Waals surface area contributed by atoms with Crippen molar-refractivity contribution in [1.29, 1.82) is 0 Å². The maximum atomic E-state index is 12.3. The van der Waals surface area contributed by atoms with E-state index in [1.807, 2.05) is 24.4 Å². The topological polar surface area (TPSA) is 44.1 Å². The number of benzene rings is 1. The predicted molar refractivity (Wildman–Crippen MR) is 108 cm³/mol. The standard InChI is InChI=1S/C20H28N2O2SSi/c1-26(2,3)13-12-24-15-22-18(17-10-7-11-19(17)23)14-21-20(22)25-16-8-5-4-6-9-16/h4-6,8-9,14,17H,7,10-13,15H2,1-3H3. The lowest BCUT2D eigenvalue weighted by molar-refractivity contribution is -0.118. The second kappa shape index (κ2) is 8.54. The van der Waals surface area contributed by atoms with E-state index in [1.165, 1.54) is 0 Å². The molecule has 1 aromatic carbocycles. The Morgan fingerprint density at radius 2 is 2.04 bits per heavy atom. The summed E-state index contributed by atoms with van der Waals surface area (Å²) in [5, 5.41) is 0.902. The Balaban J connectivity index is 1.77. The smallest absolute Gasteiger partial charge is 0.174 e. The molecule has 1 heterocycles. The van der Waals surface area contributed by atoms with Gasteiger partial charge in [0.2, 0.25) is 0 Å². The van der Waals surface area contributed by atoms with Gasteiger partial charge in [0.05, 0.1) is 17.8 Å². The molecule has 26 heavy (non-hydrogen) atoms. The van der Waals surface area contributed by atoms with E-state index in [-0.39, 0.29) is 5.92 Å². The molecule has 6 heteroatoms. The van der Waals surface area contributed by atoms with Gasteiger partial charge in [0.25, 0.3) is 0 Å². The number of Topliss-reactive ketones (excluding diaryl/α,β-unsaturated/α-hetero) is 1. The summed E-state index contributed by atoms with van der Waals surface area (Å²) in [6, 6.07) is 11.4. The van der Waals surface area contributed by atoms with Crippen LogP contribution in [0, 0.1) is 0 Å². The average Bonchev–Trinajstić information content (AvgIpc) is 3.18. The quantitative estimate of drug-likeness (QED) is 0.461. The molecule has 1 aliphatic rings. The van der Waals surface area contributed by atoms with Crippen molar-refractivity contribution in [2.75, 3.05) is 6.61 Å². The van der Waals surface area contributed by atoms with Gasteiger partial charge in [-0.05, 0) is 31.0 Å². The van der Waals surface area contributed by atoms with Gasteiger partial charge in [0, 0.05) is 26.0 Å². The SMILES string of the molecule is C[Si](C)(C)CCOCn1c(C2CCCC2=O)cnc1Sc1ccccc1. The van der Waals surface area contributed by atoms with E-state index in [0.29, 0.717) is 18.9 Å². The molecule has 1 aliphatic carbocycles. The highest BCUT2D eigenvalue weighted by molar-refractivity contribution is 7.99. The number of hydrogen-bond donors (Lipinski definition) is 0. The van der Waals surface area contributed by atoms with Crippen LogP contribution in [0.15, 0.2) is 46.6 Å². The van der Waals surface area contributed by atoms with Crippen LogP contribution in [0.3, 0.4) is 0 Å². The molecule has 0 saturated heterocycles. The third kappa shape index (κ3) is 5.08. The summed E-state index contributed by atoms with van der Waals surface area (Å²) in [4.78, 5) is 18.0. The van der Waals surface area contributed by atoms with Gasteiger partial charge in [-0.3, -0.25) is 9.36 Å². The number of hydrogen-bond acceptors (Lipinski definition) is 4. The van der Waals surface area contributed by atoms with Crippen LogP contribution in [-0.4, -0.2) is 30.0 Å². The molecule has 0 radical (unpaired) electrons. The van der Waals surface area contributed by atoms with Gasteiger partial charge in [-0.2, -0.15) is 0 Å². The second-order valence-corrected chi connectivity index (χ2v) is 14.7. The largest absolute Gasteiger partial charge is 0.361 e. The van der Waals surface area contributed by atoms with Crippen molar-refractivity contribution in [2.45, 2.75) is 67.6 Å². The highest BCUT2D eigenvalue weighted by atomic mass is 32.2. The van der Waals surface area contributed by atoms with Crippen LogP contribution in [-0.2, 0) is 16.3 Å². The molecule has 0 bridgehead atoms. The van der Waals surface area contributed by atoms with Crippen LogP contribution < -0.4 is 0 Å². The van der Waals surface area contributed by atoms with E-state index in [0.717, 1.165) is 41.2 Å². The van der Waals surface area contributed by atoms with Crippen LogP contribution in [0.2, 0.25) is 25.7 Å². The van der Waals surface area contributed by atoms with Crippen molar-refractivity contribution in [1.82, 2.24) is 9.55 Å². The fourth-order valence-corrected chi connectivity index (χ4v) is 4.75. The predicted octanol–water partition coefficient (Wildman–Crippen LogP) is 5.18. The number of ether oxygens (including phenoxy) is 1. The van der Waals surface area contributed by atoms with Gasteiger partial charge in [0.15, 0.2) is 5.16 Å². The molecule has 4 nitrogen and oxygen atoms in total. The van der Waals surface area contributed by atoms with Crippen molar-refractivity contribution >= 4 is 25.6 Å². The number of carbonyl (C=O) groups is 1. The molecule has 3 rings (SSSR count). The van der Waals surface area contributed by atoms with Crippen LogP contribution >= 0.6 is 11.8 Å². The van der Waals surface area contributed by atoms with Gasteiger partial charge in [-0.15, -0.1) is 0 Å². The number of nitrogens with zero attached hydrogens (tertiary/aromatic N) is 2. The first-order valence-electron chi connectivity index (χ1n) is 9.33. The molecule has 0 amide bonds. The van der Waals surface area contributed by atoms with Crippen molar-refractivity contribution in [3.05, 3.63) is 42.2 Å². The molecule has 2 aromatic rings. The average molecular weight is 389 g/mol. The molecule has 0 N–H and O–H groups in total. The number of rotatable bonds is 8. The number of ketones is 1. The van der Waals surface area contributed by atoms with Crippen molar-refractivity contribution in [3.63, 3.8) is 0 Å². The van der Waals surface area contributed by atoms with Crippen LogP contribution in [0.5, 0.6) is 0 Å². The summed E-state index contributed by atoms with van der Waals surface area (Å²) < 4.78 is 8.11. The summed E-state index contributed by atoms with van der Waals surface area (Å²) in [6.45, 7) is 8.30. The molecule has 0 aliphatic heterocycles. The summed E-state index contributed by atoms with van der Waals surface area (Å²) in [5.41, 5.74) is 1.01. The molecule has 140 valence electrons. The Labute approximate surface area is 161 Å². The molecule has 1 saturated carbocycles. The minimum absolute atomic E-state index is 0.0202. The highest BCUT2D eigenvalue weighted by Crippen LogP contribution is 2.35. The summed E-state index contributed by atoms with van der Waals surface area (Å²) in [6.07, 6.45) is 4.47. The minimum Gasteiger partial charge on any atom is -0.361 e. The number of aromatic nitrogens is 2. The van der Waals surface area contributed by atoms with E-state index >= 15 is 0 Å². The molecule has 0 spiro atoms. The monoisotopic (exact) mass is 388 g/mol. The lowest BCUT2D eigenvalue weighted by Gasteiger charge is -2.18. The highest BCUT2D eigenvalue weighted by Gasteiger charge is 2.30. The van der Waals surface area contributed by atoms with E-state index in [4.69, 9.17) is 4.74 Å². The summed E-state index contributed by atoms with van der Waals surface area (Å²) >= 11 is 1.63. The van der Waals surface area contributed by atoms with Gasteiger partial charge in [-0.25, -0.2) is 4.98 Å². The number of carbonyl (C=O) groups excluding carboxylic acids is 1. The van der Waals surface area contributed by atoms with E-state index in [9.17, 15) is 4.79 Å². The lowest BCUT2D eigenvalue weighted by Crippen LogP contribution is -2.22. The molecular formula is C20H28N2O2SSi. The number of imidazole rings is 1. The Hall–Kier alpha value is -1.37. The first kappa shape index (κ1) is 19.4. The third-order valence-corrected chi connectivity index (χ3v) is 7.40. The molecule has 1 atom stereocenters. The van der Waals surface area contributed by atoms with E-state index < -0.39 is 8.07 Å². The van der Waals surface area contributed by atoms with Crippen LogP contribution in [0.25, 0.3) is 0 Å². The zero-order valence-electron chi connectivity index (χ0n) is 15.9. The summed E-state index contributed by atoms with van der Waals surface area (Å²) in [5.74, 6) is 0.317. The third-order valence-electron chi connectivity index (χ3n) is 4.68. The zero-order valence-corrected chi connectivity index (χ0v) is 17.7. The maximum Gasteiger partial charge on any atom is 0.174 e. The Kier molecular flexibility index (Phi) is 6.37. The first-order valence-corrected chi connectivity index (χ1v) is 13.9.